The Labute approximate surface area is 57.3 Å². The van der Waals surface area contributed by atoms with Gasteiger partial charge in [0.2, 0.25) is 0 Å². The molecule has 0 aliphatic carbocycles. The van der Waals surface area contributed by atoms with Gasteiger partial charge in [-0.2, -0.15) is 0 Å². The summed E-state index contributed by atoms with van der Waals surface area (Å²) in [5.41, 5.74) is 0. The van der Waals surface area contributed by atoms with Gasteiger partial charge in [-0.05, 0) is 27.7 Å². The standard InChI is InChI=1S/2C3H6O.CH4/c2*1-3(2)4;/h2*1-2H3;1H4. The molecule has 0 saturated heterocycles. The van der Waals surface area contributed by atoms with E-state index in [-0.39, 0.29) is 19.0 Å². The van der Waals surface area contributed by atoms with Crippen LogP contribution in [0.3, 0.4) is 0 Å². The Morgan fingerprint density at radius 2 is 0.778 bits per heavy atom. The predicted octanol–water partition coefficient (Wildman–Crippen LogP) is 1.83. The molecule has 56 valence electrons. The van der Waals surface area contributed by atoms with E-state index in [9.17, 15) is 9.59 Å². The first-order valence-electron chi connectivity index (χ1n) is 2.41. The molecule has 0 N–H and O–H groups in total. The van der Waals surface area contributed by atoms with Crippen LogP contribution in [0, 0.1) is 0 Å². The second-order valence-electron chi connectivity index (χ2n) is 1.82. The highest BCUT2D eigenvalue weighted by molar-refractivity contribution is 5.72. The van der Waals surface area contributed by atoms with Crippen molar-refractivity contribution >= 4 is 11.6 Å². The van der Waals surface area contributed by atoms with Gasteiger partial charge in [0, 0.05) is 0 Å². The Morgan fingerprint density at radius 3 is 0.778 bits per heavy atom. The van der Waals surface area contributed by atoms with Crippen LogP contribution < -0.4 is 0 Å². The van der Waals surface area contributed by atoms with Crippen LogP contribution in [0.2, 0.25) is 0 Å². The summed E-state index contributed by atoms with van der Waals surface area (Å²) in [4.78, 5) is 18.9. The number of rotatable bonds is 0. The first kappa shape index (κ1) is 15.8. The molecule has 0 aromatic rings. The van der Waals surface area contributed by atoms with Gasteiger partial charge in [-0.15, -0.1) is 0 Å². The molecule has 0 heterocycles. The minimum Gasteiger partial charge on any atom is -0.300 e. The SMILES string of the molecule is C.CC(C)=O.CC(C)=O. The van der Waals surface area contributed by atoms with Gasteiger partial charge in [-0.25, -0.2) is 0 Å². The van der Waals surface area contributed by atoms with Crippen LogP contribution in [0.4, 0.5) is 0 Å². The molecule has 0 aromatic heterocycles. The molecule has 0 aliphatic heterocycles. The third-order valence-corrected chi connectivity index (χ3v) is 0. The molecule has 0 aliphatic rings. The number of hydrogen-bond donors (Lipinski definition) is 0. The normalized spacial score (nSPS) is 5.78. The van der Waals surface area contributed by atoms with Gasteiger partial charge in [0.1, 0.15) is 11.6 Å². The molecule has 0 radical (unpaired) electrons. The van der Waals surface area contributed by atoms with Crippen molar-refractivity contribution in [3.63, 3.8) is 0 Å². The summed E-state index contributed by atoms with van der Waals surface area (Å²) < 4.78 is 0. The summed E-state index contributed by atoms with van der Waals surface area (Å²) in [5, 5.41) is 0. The highest BCUT2D eigenvalue weighted by atomic mass is 16.1. The van der Waals surface area contributed by atoms with Crippen molar-refractivity contribution in [1.29, 1.82) is 0 Å². The smallest absolute Gasteiger partial charge is 0.126 e. The van der Waals surface area contributed by atoms with Crippen molar-refractivity contribution in [2.75, 3.05) is 0 Å². The summed E-state index contributed by atoms with van der Waals surface area (Å²) in [7, 11) is 0. The van der Waals surface area contributed by atoms with Crippen molar-refractivity contribution in [2.45, 2.75) is 35.1 Å². The summed E-state index contributed by atoms with van der Waals surface area (Å²) in [5.74, 6) is 0.333. The van der Waals surface area contributed by atoms with Gasteiger partial charge in [-0.3, -0.25) is 0 Å². The Balaban J connectivity index is -0.0000000720. The maximum absolute atomic E-state index is 9.44. The maximum Gasteiger partial charge on any atom is 0.126 e. The molecule has 0 rings (SSSR count). The van der Waals surface area contributed by atoms with E-state index in [0.717, 1.165) is 0 Å². The molecule has 2 nitrogen and oxygen atoms in total. The summed E-state index contributed by atoms with van der Waals surface area (Å²) >= 11 is 0. The monoisotopic (exact) mass is 132 g/mol. The number of Topliss-reactive ketones (excluding diaryl/α,β-unsaturated/α-hetero) is 2. The summed E-state index contributed by atoms with van der Waals surface area (Å²) in [6.07, 6.45) is 0. The lowest BCUT2D eigenvalue weighted by Gasteiger charge is -1.56. The first-order chi connectivity index (χ1) is 3.46. The van der Waals surface area contributed by atoms with Gasteiger partial charge in [0.15, 0.2) is 0 Å². The molecule has 0 unspecified atom stereocenters. The van der Waals surface area contributed by atoms with Crippen molar-refractivity contribution in [3.05, 3.63) is 0 Å². The number of ketones is 2. The predicted molar refractivity (Wildman–Crippen MR) is 39.4 cm³/mol. The van der Waals surface area contributed by atoms with Gasteiger partial charge in [0.25, 0.3) is 0 Å². The van der Waals surface area contributed by atoms with E-state index in [0.29, 0.717) is 0 Å². The lowest BCUT2D eigenvalue weighted by Crippen LogP contribution is -1.69. The Hall–Kier alpha value is -0.660. The Bertz CT molecular complexity index is 64.9. The quantitative estimate of drug-likeness (QED) is 0.504. The topological polar surface area (TPSA) is 34.1 Å². The first-order valence-corrected chi connectivity index (χ1v) is 2.41. The zero-order valence-electron chi connectivity index (χ0n) is 5.82. The average molecular weight is 132 g/mol. The van der Waals surface area contributed by atoms with E-state index in [1.54, 1.807) is 0 Å². The van der Waals surface area contributed by atoms with Gasteiger partial charge in [-0.1, -0.05) is 7.43 Å². The fourth-order valence-corrected chi connectivity index (χ4v) is 0. The molecule has 0 fully saturated rings. The molecule has 0 aromatic carbocycles. The maximum atomic E-state index is 9.44. The fourth-order valence-electron chi connectivity index (χ4n) is 0. The zero-order chi connectivity index (χ0) is 7.15. The van der Waals surface area contributed by atoms with Crippen LogP contribution in [0.5, 0.6) is 0 Å². The number of carbonyl (C=O) groups is 2. The third kappa shape index (κ3) is 480. The van der Waals surface area contributed by atoms with E-state index in [2.05, 4.69) is 0 Å². The third-order valence-electron chi connectivity index (χ3n) is 0. The van der Waals surface area contributed by atoms with Crippen molar-refractivity contribution in [2.24, 2.45) is 0 Å². The second-order valence-corrected chi connectivity index (χ2v) is 1.82. The molecular weight excluding hydrogens is 116 g/mol. The summed E-state index contributed by atoms with van der Waals surface area (Å²) in [6, 6.07) is 0. The van der Waals surface area contributed by atoms with Crippen LogP contribution in [0.25, 0.3) is 0 Å². The molecule has 2 heteroatoms. The van der Waals surface area contributed by atoms with Gasteiger partial charge < -0.3 is 9.59 Å². The molecule has 9 heavy (non-hydrogen) atoms. The lowest BCUT2D eigenvalue weighted by molar-refractivity contribution is -0.115. The molecule has 0 saturated carbocycles. The van der Waals surface area contributed by atoms with Crippen LogP contribution >= 0.6 is 0 Å². The van der Waals surface area contributed by atoms with Crippen molar-refractivity contribution in [1.82, 2.24) is 0 Å². The van der Waals surface area contributed by atoms with E-state index in [1.165, 1.54) is 27.7 Å². The van der Waals surface area contributed by atoms with Crippen LogP contribution in [0.1, 0.15) is 35.1 Å². The lowest BCUT2D eigenvalue weighted by atomic mass is 10.6. The van der Waals surface area contributed by atoms with Crippen molar-refractivity contribution < 1.29 is 9.59 Å². The summed E-state index contributed by atoms with van der Waals surface area (Å²) in [6.45, 7) is 6.11. The Morgan fingerprint density at radius 1 is 0.778 bits per heavy atom. The minimum absolute atomic E-state index is 0. The minimum atomic E-state index is 0. The van der Waals surface area contributed by atoms with Crippen LogP contribution in [0.15, 0.2) is 0 Å². The molecular formula is C7H16O2. The zero-order valence-corrected chi connectivity index (χ0v) is 5.82. The molecule has 0 atom stereocenters. The molecule has 0 amide bonds. The highest BCUT2D eigenvalue weighted by Gasteiger charge is 1.62. The van der Waals surface area contributed by atoms with Crippen LogP contribution in [-0.4, -0.2) is 11.6 Å². The van der Waals surface area contributed by atoms with Crippen LogP contribution in [-0.2, 0) is 9.59 Å². The van der Waals surface area contributed by atoms with E-state index in [1.807, 2.05) is 0 Å². The van der Waals surface area contributed by atoms with E-state index >= 15 is 0 Å². The van der Waals surface area contributed by atoms with Gasteiger partial charge >= 0.3 is 0 Å². The number of carbonyl (C=O) groups excluding carboxylic acids is 2. The Kier molecular flexibility index (Phi) is 18.1. The number of hydrogen-bond acceptors (Lipinski definition) is 2. The largest absolute Gasteiger partial charge is 0.300 e. The van der Waals surface area contributed by atoms with E-state index in [4.69, 9.17) is 0 Å². The van der Waals surface area contributed by atoms with E-state index < -0.39 is 0 Å². The second kappa shape index (κ2) is 10.3. The molecule has 0 bridgehead atoms. The highest BCUT2D eigenvalue weighted by Crippen LogP contribution is 1.50. The molecule has 0 spiro atoms. The fraction of sp³-hybridized carbons (Fsp3) is 0.714. The van der Waals surface area contributed by atoms with Gasteiger partial charge in [0.05, 0.1) is 0 Å². The average Bonchev–Trinajstić information content (AvgIpc) is 1.25. The van der Waals surface area contributed by atoms with Crippen molar-refractivity contribution in [3.8, 4) is 0 Å².